The molecule has 2 rings (SSSR count). The summed E-state index contributed by atoms with van der Waals surface area (Å²) < 4.78 is 10.2. The molecule has 0 radical (unpaired) electrons. The molecule has 0 heterocycles. The third kappa shape index (κ3) is 4.64. The number of hydrogen-bond acceptors (Lipinski definition) is 4. The summed E-state index contributed by atoms with van der Waals surface area (Å²) in [6.45, 7) is 5.43. The quantitative estimate of drug-likeness (QED) is 0.880. The number of aromatic hydroxyl groups is 1. The van der Waals surface area contributed by atoms with Crippen molar-refractivity contribution in [2.24, 2.45) is 0 Å². The fourth-order valence-corrected chi connectivity index (χ4v) is 2.04. The van der Waals surface area contributed by atoms with Crippen LogP contribution >= 0.6 is 0 Å². The molecule has 0 aliphatic carbocycles. The SMILES string of the molecule is COc1ccc(-c2ccc(NC(=O)OC(C)(C)C)cc2)cc1O. The molecular weight excluding hydrogens is 294 g/mol. The molecule has 122 valence electrons. The second kappa shape index (κ2) is 6.60. The van der Waals surface area contributed by atoms with Crippen molar-refractivity contribution in [2.75, 3.05) is 12.4 Å². The van der Waals surface area contributed by atoms with E-state index in [2.05, 4.69) is 5.32 Å². The standard InChI is InChI=1S/C18H21NO4/c1-18(2,3)23-17(21)19-14-8-5-12(6-9-14)13-7-10-16(22-4)15(20)11-13/h5-11,20H,1-4H3,(H,19,21). The maximum absolute atomic E-state index is 11.7. The summed E-state index contributed by atoms with van der Waals surface area (Å²) in [4.78, 5) is 11.7. The Balaban J connectivity index is 2.10. The lowest BCUT2D eigenvalue weighted by molar-refractivity contribution is 0.0636. The Morgan fingerprint density at radius 2 is 1.65 bits per heavy atom. The molecule has 0 spiro atoms. The molecule has 0 fully saturated rings. The number of hydrogen-bond donors (Lipinski definition) is 2. The number of nitrogens with one attached hydrogen (secondary N) is 1. The van der Waals surface area contributed by atoms with Crippen molar-refractivity contribution >= 4 is 11.8 Å². The zero-order valence-electron chi connectivity index (χ0n) is 13.7. The average molecular weight is 315 g/mol. The lowest BCUT2D eigenvalue weighted by Crippen LogP contribution is -2.27. The van der Waals surface area contributed by atoms with Gasteiger partial charge in [0.15, 0.2) is 11.5 Å². The molecule has 0 bridgehead atoms. The summed E-state index contributed by atoms with van der Waals surface area (Å²) in [5.74, 6) is 0.512. The number of rotatable bonds is 3. The summed E-state index contributed by atoms with van der Waals surface area (Å²) in [6, 6.07) is 12.5. The third-order valence-electron chi connectivity index (χ3n) is 3.04. The van der Waals surface area contributed by atoms with E-state index in [1.54, 1.807) is 24.3 Å². The van der Waals surface area contributed by atoms with Crippen LogP contribution in [0.5, 0.6) is 11.5 Å². The zero-order valence-corrected chi connectivity index (χ0v) is 13.7. The van der Waals surface area contributed by atoms with Crippen LogP contribution in [0.1, 0.15) is 20.8 Å². The first-order valence-electron chi connectivity index (χ1n) is 7.26. The van der Waals surface area contributed by atoms with Crippen LogP contribution in [0.4, 0.5) is 10.5 Å². The Morgan fingerprint density at radius 1 is 1.04 bits per heavy atom. The fourth-order valence-electron chi connectivity index (χ4n) is 2.04. The molecule has 2 N–H and O–H groups in total. The fraction of sp³-hybridized carbons (Fsp3) is 0.278. The molecule has 0 saturated carbocycles. The van der Waals surface area contributed by atoms with E-state index >= 15 is 0 Å². The molecule has 23 heavy (non-hydrogen) atoms. The number of anilines is 1. The molecule has 5 nitrogen and oxygen atoms in total. The van der Waals surface area contributed by atoms with Gasteiger partial charge in [0.05, 0.1) is 7.11 Å². The van der Waals surface area contributed by atoms with Crippen molar-refractivity contribution in [3.05, 3.63) is 42.5 Å². The van der Waals surface area contributed by atoms with E-state index in [0.717, 1.165) is 11.1 Å². The number of phenolic OH excluding ortho intramolecular Hbond substituents is 1. The number of amides is 1. The Kier molecular flexibility index (Phi) is 4.79. The van der Waals surface area contributed by atoms with Gasteiger partial charge in [-0.25, -0.2) is 4.79 Å². The van der Waals surface area contributed by atoms with E-state index in [0.29, 0.717) is 11.4 Å². The van der Waals surface area contributed by atoms with Gasteiger partial charge in [-0.15, -0.1) is 0 Å². The van der Waals surface area contributed by atoms with Crippen LogP contribution < -0.4 is 10.1 Å². The topological polar surface area (TPSA) is 67.8 Å². The highest BCUT2D eigenvalue weighted by Crippen LogP contribution is 2.31. The van der Waals surface area contributed by atoms with E-state index < -0.39 is 11.7 Å². The molecule has 5 heteroatoms. The van der Waals surface area contributed by atoms with Crippen molar-refractivity contribution in [3.63, 3.8) is 0 Å². The average Bonchev–Trinajstić information content (AvgIpc) is 2.46. The Hall–Kier alpha value is -2.69. The Bertz CT molecular complexity index is 687. The number of ether oxygens (including phenoxy) is 2. The zero-order chi connectivity index (χ0) is 17.0. The number of methoxy groups -OCH3 is 1. The van der Waals surface area contributed by atoms with Gasteiger partial charge in [0.25, 0.3) is 0 Å². The second-order valence-corrected chi connectivity index (χ2v) is 6.09. The van der Waals surface area contributed by atoms with E-state index in [1.807, 2.05) is 39.0 Å². The highest BCUT2D eigenvalue weighted by atomic mass is 16.6. The smallest absolute Gasteiger partial charge is 0.412 e. The van der Waals surface area contributed by atoms with Gasteiger partial charge in [0, 0.05) is 5.69 Å². The predicted molar refractivity (Wildman–Crippen MR) is 90.0 cm³/mol. The van der Waals surface area contributed by atoms with E-state index in [9.17, 15) is 9.90 Å². The van der Waals surface area contributed by atoms with Gasteiger partial charge in [0.2, 0.25) is 0 Å². The Morgan fingerprint density at radius 3 is 2.17 bits per heavy atom. The number of carbonyl (C=O) groups excluding carboxylic acids is 1. The van der Waals surface area contributed by atoms with Crippen LogP contribution in [0.3, 0.4) is 0 Å². The van der Waals surface area contributed by atoms with Gasteiger partial charge < -0.3 is 14.6 Å². The lowest BCUT2D eigenvalue weighted by Gasteiger charge is -2.19. The van der Waals surface area contributed by atoms with Crippen LogP contribution in [-0.4, -0.2) is 23.9 Å². The van der Waals surface area contributed by atoms with Crippen molar-refractivity contribution in [2.45, 2.75) is 26.4 Å². The van der Waals surface area contributed by atoms with Crippen molar-refractivity contribution in [3.8, 4) is 22.6 Å². The minimum absolute atomic E-state index is 0.0842. The summed E-state index contributed by atoms with van der Waals surface area (Å²) in [7, 11) is 1.51. The summed E-state index contributed by atoms with van der Waals surface area (Å²) >= 11 is 0. The number of carbonyl (C=O) groups is 1. The summed E-state index contributed by atoms with van der Waals surface area (Å²) in [5, 5.41) is 12.5. The molecule has 0 aliphatic rings. The van der Waals surface area contributed by atoms with Gasteiger partial charge in [-0.1, -0.05) is 18.2 Å². The molecule has 2 aromatic carbocycles. The summed E-state index contributed by atoms with van der Waals surface area (Å²) in [5.41, 5.74) is 1.87. The maximum Gasteiger partial charge on any atom is 0.412 e. The molecule has 0 unspecified atom stereocenters. The van der Waals surface area contributed by atoms with Gasteiger partial charge >= 0.3 is 6.09 Å². The monoisotopic (exact) mass is 315 g/mol. The molecule has 0 atom stereocenters. The lowest BCUT2D eigenvalue weighted by atomic mass is 10.0. The molecule has 1 amide bonds. The van der Waals surface area contributed by atoms with Gasteiger partial charge in [0.1, 0.15) is 5.60 Å². The minimum atomic E-state index is -0.537. The van der Waals surface area contributed by atoms with E-state index in [4.69, 9.17) is 9.47 Å². The molecule has 0 saturated heterocycles. The normalized spacial score (nSPS) is 11.0. The highest BCUT2D eigenvalue weighted by Gasteiger charge is 2.16. The van der Waals surface area contributed by atoms with E-state index in [1.165, 1.54) is 7.11 Å². The number of phenols is 1. The third-order valence-corrected chi connectivity index (χ3v) is 3.04. The van der Waals surface area contributed by atoms with Crippen LogP contribution in [0.2, 0.25) is 0 Å². The van der Waals surface area contributed by atoms with Gasteiger partial charge in [-0.3, -0.25) is 5.32 Å². The van der Waals surface area contributed by atoms with Crippen LogP contribution in [0.15, 0.2) is 42.5 Å². The van der Waals surface area contributed by atoms with E-state index in [-0.39, 0.29) is 5.75 Å². The number of benzene rings is 2. The molecule has 0 aliphatic heterocycles. The second-order valence-electron chi connectivity index (χ2n) is 6.09. The van der Waals surface area contributed by atoms with Crippen molar-refractivity contribution in [1.29, 1.82) is 0 Å². The van der Waals surface area contributed by atoms with Gasteiger partial charge in [-0.2, -0.15) is 0 Å². The van der Waals surface area contributed by atoms with Crippen LogP contribution in [0.25, 0.3) is 11.1 Å². The molecule has 2 aromatic rings. The van der Waals surface area contributed by atoms with Crippen LogP contribution in [0, 0.1) is 0 Å². The van der Waals surface area contributed by atoms with Crippen molar-refractivity contribution in [1.82, 2.24) is 0 Å². The largest absolute Gasteiger partial charge is 0.504 e. The first kappa shape index (κ1) is 16.7. The molecule has 0 aromatic heterocycles. The summed E-state index contributed by atoms with van der Waals surface area (Å²) in [6.07, 6.45) is -0.493. The predicted octanol–water partition coefficient (Wildman–Crippen LogP) is 4.41. The van der Waals surface area contributed by atoms with Crippen molar-refractivity contribution < 1.29 is 19.4 Å². The highest BCUT2D eigenvalue weighted by molar-refractivity contribution is 5.85. The Labute approximate surface area is 135 Å². The first-order chi connectivity index (χ1) is 10.8. The maximum atomic E-state index is 11.7. The van der Waals surface area contributed by atoms with Crippen LogP contribution in [-0.2, 0) is 4.74 Å². The minimum Gasteiger partial charge on any atom is -0.504 e. The molecular formula is C18H21NO4. The first-order valence-corrected chi connectivity index (χ1v) is 7.26. The van der Waals surface area contributed by atoms with Gasteiger partial charge in [-0.05, 0) is 56.2 Å².